The molecule has 2 rings (SSSR count). The standard InChI is InChI=1S/C21H25NO5S/c1-3-22(15-18-7-5-4-6-8-18)20(23)16-27-21(24)13-14-28(25,26)19-11-9-17(2)10-12-19/h4-12H,3,13-16H2,1-2H3. The fourth-order valence-electron chi connectivity index (χ4n) is 2.57. The third-order valence-electron chi connectivity index (χ3n) is 4.26. The van der Waals surface area contributed by atoms with Crippen molar-refractivity contribution in [2.45, 2.75) is 31.7 Å². The number of carbonyl (C=O) groups is 2. The Labute approximate surface area is 166 Å². The number of esters is 1. The Morgan fingerprint density at radius 1 is 1.00 bits per heavy atom. The van der Waals surface area contributed by atoms with Gasteiger partial charge in [-0.25, -0.2) is 8.42 Å². The van der Waals surface area contributed by atoms with Crippen LogP contribution < -0.4 is 0 Å². The molecule has 1 amide bonds. The summed E-state index contributed by atoms with van der Waals surface area (Å²) < 4.78 is 29.5. The van der Waals surface area contributed by atoms with Gasteiger partial charge >= 0.3 is 5.97 Å². The number of likely N-dealkylation sites (N-methyl/N-ethyl adjacent to an activating group) is 1. The van der Waals surface area contributed by atoms with Crippen LogP contribution in [0.2, 0.25) is 0 Å². The molecule has 28 heavy (non-hydrogen) atoms. The van der Waals surface area contributed by atoms with Crippen LogP contribution >= 0.6 is 0 Å². The Balaban J connectivity index is 1.82. The van der Waals surface area contributed by atoms with Gasteiger partial charge in [0.25, 0.3) is 5.91 Å². The van der Waals surface area contributed by atoms with Crippen molar-refractivity contribution in [3.05, 3.63) is 65.7 Å². The number of aryl methyl sites for hydroxylation is 1. The van der Waals surface area contributed by atoms with E-state index < -0.39 is 22.4 Å². The Bertz CT molecular complexity index is 892. The molecule has 0 saturated heterocycles. The number of sulfone groups is 1. The van der Waals surface area contributed by atoms with Crippen molar-refractivity contribution in [2.24, 2.45) is 0 Å². The summed E-state index contributed by atoms with van der Waals surface area (Å²) in [5, 5.41) is 0. The van der Waals surface area contributed by atoms with E-state index in [1.165, 1.54) is 12.1 Å². The van der Waals surface area contributed by atoms with Gasteiger partial charge in [0.15, 0.2) is 16.4 Å². The van der Waals surface area contributed by atoms with Gasteiger partial charge in [0.2, 0.25) is 0 Å². The molecule has 0 heterocycles. The van der Waals surface area contributed by atoms with Crippen molar-refractivity contribution in [3.63, 3.8) is 0 Å². The zero-order valence-corrected chi connectivity index (χ0v) is 16.9. The highest BCUT2D eigenvalue weighted by Gasteiger charge is 2.19. The van der Waals surface area contributed by atoms with E-state index >= 15 is 0 Å². The number of carbonyl (C=O) groups excluding carboxylic acids is 2. The van der Waals surface area contributed by atoms with E-state index in [-0.39, 0.29) is 23.0 Å². The highest BCUT2D eigenvalue weighted by molar-refractivity contribution is 7.91. The van der Waals surface area contributed by atoms with E-state index in [1.54, 1.807) is 17.0 Å². The van der Waals surface area contributed by atoms with Crippen molar-refractivity contribution >= 4 is 21.7 Å². The van der Waals surface area contributed by atoms with Gasteiger partial charge in [0.05, 0.1) is 17.1 Å². The van der Waals surface area contributed by atoms with Gasteiger partial charge < -0.3 is 9.64 Å². The molecule has 0 atom stereocenters. The van der Waals surface area contributed by atoms with Crippen LogP contribution in [0, 0.1) is 6.92 Å². The first-order valence-corrected chi connectivity index (χ1v) is 10.7. The zero-order chi connectivity index (χ0) is 20.6. The molecular formula is C21H25NO5S. The molecule has 0 N–H and O–H groups in total. The minimum atomic E-state index is -3.57. The van der Waals surface area contributed by atoms with Gasteiger partial charge in [-0.3, -0.25) is 9.59 Å². The lowest BCUT2D eigenvalue weighted by atomic mass is 10.2. The number of hydrogen-bond acceptors (Lipinski definition) is 5. The second kappa shape index (κ2) is 10.0. The van der Waals surface area contributed by atoms with Crippen LogP contribution in [0.4, 0.5) is 0 Å². The highest BCUT2D eigenvalue weighted by atomic mass is 32.2. The van der Waals surface area contributed by atoms with Crippen molar-refractivity contribution in [2.75, 3.05) is 18.9 Å². The molecule has 0 bridgehead atoms. The normalized spacial score (nSPS) is 11.1. The Morgan fingerprint density at radius 3 is 2.25 bits per heavy atom. The third-order valence-corrected chi connectivity index (χ3v) is 5.99. The maximum Gasteiger partial charge on any atom is 0.307 e. The average Bonchev–Trinajstić information content (AvgIpc) is 2.70. The van der Waals surface area contributed by atoms with E-state index in [0.717, 1.165) is 11.1 Å². The van der Waals surface area contributed by atoms with Crippen LogP contribution in [-0.2, 0) is 30.7 Å². The number of hydrogen-bond donors (Lipinski definition) is 0. The second-order valence-electron chi connectivity index (χ2n) is 6.44. The fourth-order valence-corrected chi connectivity index (χ4v) is 3.79. The SMILES string of the molecule is CCN(Cc1ccccc1)C(=O)COC(=O)CCS(=O)(=O)c1ccc(C)cc1. The first kappa shape index (κ1) is 21.6. The lowest BCUT2D eigenvalue weighted by Crippen LogP contribution is -2.34. The van der Waals surface area contributed by atoms with Gasteiger partial charge in [-0.05, 0) is 31.5 Å². The monoisotopic (exact) mass is 403 g/mol. The van der Waals surface area contributed by atoms with E-state index in [4.69, 9.17) is 4.74 Å². The van der Waals surface area contributed by atoms with Crippen LogP contribution in [0.25, 0.3) is 0 Å². The average molecular weight is 404 g/mol. The lowest BCUT2D eigenvalue weighted by molar-refractivity contribution is -0.151. The van der Waals surface area contributed by atoms with Gasteiger partial charge in [-0.15, -0.1) is 0 Å². The minimum absolute atomic E-state index is 0.169. The van der Waals surface area contributed by atoms with E-state index in [0.29, 0.717) is 13.1 Å². The van der Waals surface area contributed by atoms with Crippen molar-refractivity contribution in [3.8, 4) is 0 Å². The van der Waals surface area contributed by atoms with Crippen LogP contribution in [0.5, 0.6) is 0 Å². The molecule has 0 unspecified atom stereocenters. The molecule has 0 aliphatic carbocycles. The van der Waals surface area contributed by atoms with E-state index in [2.05, 4.69) is 0 Å². The first-order valence-electron chi connectivity index (χ1n) is 9.08. The summed E-state index contributed by atoms with van der Waals surface area (Å²) >= 11 is 0. The van der Waals surface area contributed by atoms with Crippen molar-refractivity contribution in [1.29, 1.82) is 0 Å². The van der Waals surface area contributed by atoms with Gasteiger partial charge in [0.1, 0.15) is 0 Å². The summed E-state index contributed by atoms with van der Waals surface area (Å²) in [5.41, 5.74) is 1.93. The van der Waals surface area contributed by atoms with E-state index in [1.807, 2.05) is 44.2 Å². The summed E-state index contributed by atoms with van der Waals surface area (Å²) in [7, 11) is -3.57. The van der Waals surface area contributed by atoms with Gasteiger partial charge in [-0.1, -0.05) is 48.0 Å². The molecule has 150 valence electrons. The number of amides is 1. The predicted molar refractivity (Wildman–Crippen MR) is 106 cm³/mol. The van der Waals surface area contributed by atoms with Crippen molar-refractivity contribution in [1.82, 2.24) is 4.90 Å². The van der Waals surface area contributed by atoms with Crippen LogP contribution in [0.15, 0.2) is 59.5 Å². The maximum atomic E-state index is 12.3. The summed E-state index contributed by atoms with van der Waals surface area (Å²) in [4.78, 5) is 25.9. The molecule has 0 aliphatic heterocycles. The Hall–Kier alpha value is -2.67. The van der Waals surface area contributed by atoms with Crippen LogP contribution in [0.1, 0.15) is 24.5 Å². The highest BCUT2D eigenvalue weighted by Crippen LogP contribution is 2.13. The zero-order valence-electron chi connectivity index (χ0n) is 16.1. The van der Waals surface area contributed by atoms with Crippen molar-refractivity contribution < 1.29 is 22.7 Å². The number of rotatable bonds is 9. The molecule has 2 aromatic carbocycles. The smallest absolute Gasteiger partial charge is 0.307 e. The third kappa shape index (κ3) is 6.49. The van der Waals surface area contributed by atoms with Crippen LogP contribution in [0.3, 0.4) is 0 Å². The largest absolute Gasteiger partial charge is 0.456 e. The second-order valence-corrected chi connectivity index (χ2v) is 8.55. The molecule has 0 fully saturated rings. The number of ether oxygens (including phenoxy) is 1. The molecule has 2 aromatic rings. The topological polar surface area (TPSA) is 80.8 Å². The van der Waals surface area contributed by atoms with Crippen LogP contribution in [-0.4, -0.2) is 44.1 Å². The molecule has 7 heteroatoms. The quantitative estimate of drug-likeness (QED) is 0.602. The first-order chi connectivity index (χ1) is 13.3. The fraction of sp³-hybridized carbons (Fsp3) is 0.333. The minimum Gasteiger partial charge on any atom is -0.456 e. The molecule has 0 radical (unpaired) electrons. The summed E-state index contributed by atoms with van der Waals surface area (Å²) in [6.45, 7) is 4.21. The summed E-state index contributed by atoms with van der Waals surface area (Å²) in [6, 6.07) is 15.9. The van der Waals surface area contributed by atoms with Gasteiger partial charge in [0, 0.05) is 13.1 Å². The molecule has 0 saturated carbocycles. The summed E-state index contributed by atoms with van der Waals surface area (Å²) in [6.07, 6.45) is -0.297. The molecule has 0 aromatic heterocycles. The molecular weight excluding hydrogens is 378 g/mol. The maximum absolute atomic E-state index is 12.3. The predicted octanol–water partition coefficient (Wildman–Crippen LogP) is 2.75. The summed E-state index contributed by atoms with van der Waals surface area (Å²) in [5.74, 6) is -1.38. The number of benzene rings is 2. The van der Waals surface area contributed by atoms with Gasteiger partial charge in [-0.2, -0.15) is 0 Å². The molecule has 0 spiro atoms. The number of nitrogens with zero attached hydrogens (tertiary/aromatic N) is 1. The molecule has 0 aliphatic rings. The Morgan fingerprint density at radius 2 is 1.64 bits per heavy atom. The lowest BCUT2D eigenvalue weighted by Gasteiger charge is -2.20. The Kier molecular flexibility index (Phi) is 7.75. The molecule has 6 nitrogen and oxygen atoms in total. The van der Waals surface area contributed by atoms with E-state index in [9.17, 15) is 18.0 Å².